The summed E-state index contributed by atoms with van der Waals surface area (Å²) in [6.07, 6.45) is -1.06. The zero-order chi connectivity index (χ0) is 13.5. The molecule has 0 fully saturated rings. The molecule has 0 unspecified atom stereocenters. The molecule has 0 saturated heterocycles. The molecule has 0 aromatic rings. The van der Waals surface area contributed by atoms with Crippen LogP contribution in [0.2, 0.25) is 0 Å². The minimum atomic E-state index is -3.20. The van der Waals surface area contributed by atoms with Crippen molar-refractivity contribution >= 4 is 19.5 Å². The minimum Gasteiger partial charge on any atom is -0.425 e. The Morgan fingerprint density at radius 1 is 1.06 bits per heavy atom. The first-order valence-electron chi connectivity index (χ1n) is 4.88. The van der Waals surface area contributed by atoms with E-state index < -0.39 is 25.8 Å². The number of carbonyl (C=O) groups excluding carboxylic acids is 2. The van der Waals surface area contributed by atoms with Gasteiger partial charge >= 0.3 is 19.5 Å². The number of hydrogen-bond donors (Lipinski definition) is 0. The lowest BCUT2D eigenvalue weighted by Crippen LogP contribution is -2.23. The third kappa shape index (κ3) is 7.10. The summed E-state index contributed by atoms with van der Waals surface area (Å²) in [6.45, 7) is 2.37. The Balaban J connectivity index is 4.38. The predicted octanol–water partition coefficient (Wildman–Crippen LogP) is 1.31. The highest BCUT2D eigenvalue weighted by Gasteiger charge is 2.25. The monoisotopic (exact) mass is 268 g/mol. The fraction of sp³-hybridized carbons (Fsp3) is 0.778. The quantitative estimate of drug-likeness (QED) is 0.390. The third-order valence-corrected chi connectivity index (χ3v) is 3.71. The van der Waals surface area contributed by atoms with Crippen molar-refractivity contribution in [1.29, 1.82) is 0 Å². The molecule has 8 heteroatoms. The van der Waals surface area contributed by atoms with Crippen molar-refractivity contribution in [1.82, 2.24) is 0 Å². The fourth-order valence-electron chi connectivity index (χ4n) is 1.03. The molecule has 100 valence electrons. The van der Waals surface area contributed by atoms with Gasteiger partial charge in [0.1, 0.15) is 0 Å². The van der Waals surface area contributed by atoms with Crippen molar-refractivity contribution in [2.24, 2.45) is 0 Å². The van der Waals surface area contributed by atoms with Gasteiger partial charge in [0.05, 0.1) is 6.16 Å². The number of hydrogen-bond acceptors (Lipinski definition) is 7. The number of ether oxygens (including phenoxy) is 2. The van der Waals surface area contributed by atoms with Gasteiger partial charge in [0.2, 0.25) is 6.29 Å². The topological polar surface area (TPSA) is 88.1 Å². The lowest BCUT2D eigenvalue weighted by molar-refractivity contribution is -0.185. The molecular weight excluding hydrogens is 251 g/mol. The second-order valence-corrected chi connectivity index (χ2v) is 5.54. The average molecular weight is 268 g/mol. The van der Waals surface area contributed by atoms with E-state index in [0.29, 0.717) is 0 Å². The molecule has 7 nitrogen and oxygen atoms in total. The Hall–Kier alpha value is -0.910. The normalized spacial score (nSPS) is 11.4. The standard InChI is InChI=1S/C9H17O7P/c1-7(10)15-9(16-8(2)11)5-6-17(12,13-3)14-4/h9H,5-6H2,1-4H3. The molecule has 17 heavy (non-hydrogen) atoms. The molecule has 0 aliphatic heterocycles. The molecule has 0 aromatic heterocycles. The minimum absolute atomic E-state index is 0.0226. The van der Waals surface area contributed by atoms with E-state index in [9.17, 15) is 14.2 Å². The highest BCUT2D eigenvalue weighted by Crippen LogP contribution is 2.47. The van der Waals surface area contributed by atoms with Gasteiger partial charge in [0.15, 0.2) is 0 Å². The fourth-order valence-corrected chi connectivity index (χ4v) is 2.07. The van der Waals surface area contributed by atoms with Gasteiger partial charge in [-0.3, -0.25) is 14.2 Å². The number of carbonyl (C=O) groups is 2. The molecule has 0 aliphatic rings. The smallest absolute Gasteiger partial charge is 0.330 e. The number of rotatable bonds is 7. The summed E-state index contributed by atoms with van der Waals surface area (Å²) in [7, 11) is -0.711. The van der Waals surface area contributed by atoms with Crippen LogP contribution < -0.4 is 0 Å². The molecule has 0 aromatic carbocycles. The van der Waals surface area contributed by atoms with Gasteiger partial charge in [-0.2, -0.15) is 0 Å². The van der Waals surface area contributed by atoms with Crippen LogP contribution in [0, 0.1) is 0 Å². The van der Waals surface area contributed by atoms with Gasteiger partial charge in [0, 0.05) is 34.5 Å². The van der Waals surface area contributed by atoms with E-state index in [1.54, 1.807) is 0 Å². The van der Waals surface area contributed by atoms with E-state index in [2.05, 4.69) is 0 Å². The summed E-state index contributed by atoms with van der Waals surface area (Å²) in [6, 6.07) is 0. The van der Waals surface area contributed by atoms with Gasteiger partial charge in [0.25, 0.3) is 0 Å². The summed E-state index contributed by atoms with van der Waals surface area (Å²) in [5, 5.41) is 0. The van der Waals surface area contributed by atoms with E-state index in [1.165, 1.54) is 28.1 Å². The van der Waals surface area contributed by atoms with E-state index >= 15 is 0 Å². The molecule has 0 heterocycles. The van der Waals surface area contributed by atoms with E-state index in [-0.39, 0.29) is 12.6 Å². The average Bonchev–Trinajstić information content (AvgIpc) is 2.24. The molecule has 0 N–H and O–H groups in total. The van der Waals surface area contributed by atoms with Crippen LogP contribution in [0.3, 0.4) is 0 Å². The summed E-state index contributed by atoms with van der Waals surface area (Å²) < 4.78 is 30.6. The zero-order valence-corrected chi connectivity index (χ0v) is 11.2. The first kappa shape index (κ1) is 16.1. The van der Waals surface area contributed by atoms with Gasteiger partial charge in [-0.15, -0.1) is 0 Å². The van der Waals surface area contributed by atoms with Crippen molar-refractivity contribution in [3.8, 4) is 0 Å². The Morgan fingerprint density at radius 3 is 1.76 bits per heavy atom. The lowest BCUT2D eigenvalue weighted by Gasteiger charge is -2.19. The Labute approximate surface area is 99.9 Å². The van der Waals surface area contributed by atoms with E-state index in [1.807, 2.05) is 0 Å². The van der Waals surface area contributed by atoms with Crippen LogP contribution in [0.4, 0.5) is 0 Å². The number of esters is 2. The Morgan fingerprint density at radius 2 is 1.47 bits per heavy atom. The molecule has 0 aliphatic carbocycles. The van der Waals surface area contributed by atoms with Gasteiger partial charge in [-0.1, -0.05) is 0 Å². The maximum atomic E-state index is 11.7. The predicted molar refractivity (Wildman–Crippen MR) is 58.4 cm³/mol. The summed E-state index contributed by atoms with van der Waals surface area (Å²) in [4.78, 5) is 21.5. The van der Waals surface area contributed by atoms with Gasteiger partial charge in [-0.05, 0) is 0 Å². The maximum Gasteiger partial charge on any atom is 0.330 e. The molecule has 0 amide bonds. The van der Waals surface area contributed by atoms with Crippen LogP contribution in [0.15, 0.2) is 0 Å². The molecular formula is C9H17O7P. The highest BCUT2D eigenvalue weighted by atomic mass is 31.2. The van der Waals surface area contributed by atoms with E-state index in [4.69, 9.17) is 18.5 Å². The summed E-state index contributed by atoms with van der Waals surface area (Å²) in [5.74, 6) is -1.19. The Kier molecular flexibility index (Phi) is 7.03. The first-order valence-corrected chi connectivity index (χ1v) is 6.60. The molecule has 0 rings (SSSR count). The van der Waals surface area contributed by atoms with Crippen molar-refractivity contribution in [3.05, 3.63) is 0 Å². The lowest BCUT2D eigenvalue weighted by atomic mass is 10.4. The van der Waals surface area contributed by atoms with Crippen LogP contribution in [0.5, 0.6) is 0 Å². The van der Waals surface area contributed by atoms with Crippen LogP contribution in [0.1, 0.15) is 20.3 Å². The molecule has 0 radical (unpaired) electrons. The third-order valence-electron chi connectivity index (χ3n) is 1.79. The van der Waals surface area contributed by atoms with Crippen LogP contribution in [0.25, 0.3) is 0 Å². The van der Waals surface area contributed by atoms with Crippen LogP contribution in [-0.2, 0) is 32.7 Å². The van der Waals surface area contributed by atoms with Gasteiger partial charge < -0.3 is 18.5 Å². The second-order valence-electron chi connectivity index (χ2n) is 3.14. The van der Waals surface area contributed by atoms with Crippen molar-refractivity contribution in [2.45, 2.75) is 26.6 Å². The summed E-state index contributed by atoms with van der Waals surface area (Å²) >= 11 is 0. The zero-order valence-electron chi connectivity index (χ0n) is 10.3. The molecule has 0 spiro atoms. The second kappa shape index (κ2) is 7.42. The van der Waals surface area contributed by atoms with E-state index in [0.717, 1.165) is 0 Å². The SMILES string of the molecule is COP(=O)(CCC(OC(C)=O)OC(C)=O)OC. The van der Waals surface area contributed by atoms with Gasteiger partial charge in [-0.25, -0.2) is 0 Å². The van der Waals surface area contributed by atoms with Crippen molar-refractivity contribution < 1.29 is 32.7 Å². The molecule has 0 saturated carbocycles. The van der Waals surface area contributed by atoms with Crippen LogP contribution in [-0.4, -0.2) is 38.6 Å². The first-order chi connectivity index (χ1) is 7.83. The Bertz CT molecular complexity index is 290. The molecule has 0 bridgehead atoms. The summed E-state index contributed by atoms with van der Waals surface area (Å²) in [5.41, 5.74) is 0. The van der Waals surface area contributed by atoms with Crippen molar-refractivity contribution in [2.75, 3.05) is 20.4 Å². The largest absolute Gasteiger partial charge is 0.425 e. The van der Waals surface area contributed by atoms with Crippen molar-refractivity contribution in [3.63, 3.8) is 0 Å². The highest BCUT2D eigenvalue weighted by molar-refractivity contribution is 7.53. The van der Waals surface area contributed by atoms with Crippen LogP contribution >= 0.6 is 7.60 Å². The maximum absolute atomic E-state index is 11.7. The molecule has 0 atom stereocenters.